The van der Waals surface area contributed by atoms with Gasteiger partial charge < -0.3 is 24.8 Å². The lowest BCUT2D eigenvalue weighted by Crippen LogP contribution is -2.30. The summed E-state index contributed by atoms with van der Waals surface area (Å²) in [7, 11) is 1.61. The van der Waals surface area contributed by atoms with E-state index in [1.54, 1.807) is 19.5 Å². The van der Waals surface area contributed by atoms with Crippen molar-refractivity contribution in [2.75, 3.05) is 38.9 Å². The maximum Gasteiger partial charge on any atom is 0.255 e. The van der Waals surface area contributed by atoms with Gasteiger partial charge in [0.25, 0.3) is 5.91 Å². The molecule has 10 nitrogen and oxygen atoms in total. The van der Waals surface area contributed by atoms with Crippen molar-refractivity contribution in [2.24, 2.45) is 0 Å². The molecule has 0 aliphatic heterocycles. The number of rotatable bonds is 19. The van der Waals surface area contributed by atoms with Crippen LogP contribution in [0.15, 0.2) is 73.3 Å². The minimum Gasteiger partial charge on any atom is -0.359 e. The SMILES string of the molecule is CCCN(CCC)Cc1ccc(NC(=O)c2ccc(CN(Cc3ncc[nH]3)C(CCOCOC)c3ncc[nH]3)cc2)cc1. The van der Waals surface area contributed by atoms with Crippen LogP contribution in [0.4, 0.5) is 5.69 Å². The number of aromatic nitrogens is 4. The molecule has 0 bridgehead atoms. The number of nitrogens with zero attached hydrogens (tertiary/aromatic N) is 4. The molecule has 3 N–H and O–H groups in total. The highest BCUT2D eigenvalue weighted by Crippen LogP contribution is 2.26. The maximum absolute atomic E-state index is 13.0. The molecule has 4 rings (SSSR count). The zero-order valence-corrected chi connectivity index (χ0v) is 25.6. The van der Waals surface area contributed by atoms with Gasteiger partial charge >= 0.3 is 0 Å². The molecule has 0 spiro atoms. The van der Waals surface area contributed by atoms with Crippen LogP contribution in [0.3, 0.4) is 0 Å². The number of carbonyl (C=O) groups excluding carboxylic acids is 1. The topological polar surface area (TPSA) is 111 Å². The number of amides is 1. The fourth-order valence-corrected chi connectivity index (χ4v) is 5.20. The van der Waals surface area contributed by atoms with E-state index in [9.17, 15) is 4.79 Å². The Labute approximate surface area is 254 Å². The lowest BCUT2D eigenvalue weighted by Gasteiger charge is -2.30. The van der Waals surface area contributed by atoms with Crippen molar-refractivity contribution in [2.45, 2.75) is 58.8 Å². The van der Waals surface area contributed by atoms with Crippen LogP contribution in [0.2, 0.25) is 0 Å². The molecule has 0 saturated carbocycles. The van der Waals surface area contributed by atoms with Gasteiger partial charge in [-0.15, -0.1) is 0 Å². The second-order valence-corrected chi connectivity index (χ2v) is 10.7. The van der Waals surface area contributed by atoms with E-state index >= 15 is 0 Å². The Morgan fingerprint density at radius 2 is 1.56 bits per heavy atom. The van der Waals surface area contributed by atoms with E-state index < -0.39 is 0 Å². The van der Waals surface area contributed by atoms with Crippen molar-refractivity contribution in [1.29, 1.82) is 0 Å². The molecule has 1 unspecified atom stereocenters. The zero-order valence-electron chi connectivity index (χ0n) is 25.6. The molecule has 1 amide bonds. The highest BCUT2D eigenvalue weighted by Gasteiger charge is 2.24. The molecule has 0 aliphatic carbocycles. The van der Waals surface area contributed by atoms with Crippen molar-refractivity contribution in [3.8, 4) is 0 Å². The molecular formula is C33H45N7O3. The van der Waals surface area contributed by atoms with Crippen molar-refractivity contribution < 1.29 is 14.3 Å². The van der Waals surface area contributed by atoms with Crippen LogP contribution in [0.5, 0.6) is 0 Å². The quantitative estimate of drug-likeness (QED) is 0.0945. The predicted molar refractivity (Wildman–Crippen MR) is 168 cm³/mol. The van der Waals surface area contributed by atoms with Crippen LogP contribution in [0.25, 0.3) is 0 Å². The van der Waals surface area contributed by atoms with E-state index in [-0.39, 0.29) is 18.7 Å². The van der Waals surface area contributed by atoms with Gasteiger partial charge in [-0.2, -0.15) is 0 Å². The van der Waals surface area contributed by atoms with Crippen molar-refractivity contribution in [3.05, 3.63) is 102 Å². The number of anilines is 1. The number of imidazole rings is 2. The summed E-state index contributed by atoms with van der Waals surface area (Å²) in [6.07, 6.45) is 10.2. The molecular weight excluding hydrogens is 542 g/mol. The minimum atomic E-state index is -0.130. The largest absolute Gasteiger partial charge is 0.359 e. The second kappa shape index (κ2) is 17.3. The highest BCUT2D eigenvalue weighted by atomic mass is 16.7. The molecule has 10 heteroatoms. The van der Waals surface area contributed by atoms with Crippen LogP contribution in [-0.2, 0) is 29.1 Å². The summed E-state index contributed by atoms with van der Waals surface area (Å²) < 4.78 is 10.7. The van der Waals surface area contributed by atoms with Gasteiger partial charge in [0.05, 0.1) is 19.2 Å². The number of methoxy groups -OCH3 is 1. The van der Waals surface area contributed by atoms with Crippen LogP contribution in [-0.4, -0.2) is 69.2 Å². The van der Waals surface area contributed by atoms with E-state index in [2.05, 4.69) is 61.0 Å². The molecule has 0 saturated heterocycles. The molecule has 2 aromatic heterocycles. The van der Waals surface area contributed by atoms with E-state index in [0.717, 1.165) is 55.4 Å². The van der Waals surface area contributed by atoms with Crippen LogP contribution in [0, 0.1) is 0 Å². The number of benzene rings is 2. The second-order valence-electron chi connectivity index (χ2n) is 10.7. The predicted octanol–water partition coefficient (Wildman–Crippen LogP) is 5.76. The lowest BCUT2D eigenvalue weighted by atomic mass is 10.1. The van der Waals surface area contributed by atoms with Gasteiger partial charge in [0.1, 0.15) is 18.4 Å². The smallest absolute Gasteiger partial charge is 0.255 e. The Balaban J connectivity index is 1.41. The van der Waals surface area contributed by atoms with Gasteiger partial charge in [0.15, 0.2) is 0 Å². The number of H-pyrrole nitrogens is 2. The average Bonchev–Trinajstić information content (AvgIpc) is 3.74. The Morgan fingerprint density at radius 1 is 0.884 bits per heavy atom. The maximum atomic E-state index is 13.0. The van der Waals surface area contributed by atoms with Crippen molar-refractivity contribution in [1.82, 2.24) is 29.7 Å². The Bertz CT molecular complexity index is 1300. The molecule has 230 valence electrons. The first-order valence-corrected chi connectivity index (χ1v) is 15.1. The number of hydrogen-bond acceptors (Lipinski definition) is 7. The first-order chi connectivity index (χ1) is 21.1. The summed E-state index contributed by atoms with van der Waals surface area (Å²) in [5, 5.41) is 3.04. The van der Waals surface area contributed by atoms with Gasteiger partial charge in [-0.05, 0) is 67.7 Å². The Hall–Kier alpha value is -3.83. The van der Waals surface area contributed by atoms with E-state index in [4.69, 9.17) is 9.47 Å². The van der Waals surface area contributed by atoms with E-state index in [1.165, 1.54) is 5.56 Å². The lowest BCUT2D eigenvalue weighted by molar-refractivity contribution is -0.0382. The monoisotopic (exact) mass is 587 g/mol. The number of carbonyl (C=O) groups is 1. The fraction of sp³-hybridized carbons (Fsp3) is 0.424. The summed E-state index contributed by atoms with van der Waals surface area (Å²) >= 11 is 0. The highest BCUT2D eigenvalue weighted by molar-refractivity contribution is 6.04. The average molecular weight is 588 g/mol. The van der Waals surface area contributed by atoms with Gasteiger partial charge in [0, 0.05) is 56.2 Å². The van der Waals surface area contributed by atoms with Crippen molar-refractivity contribution >= 4 is 11.6 Å². The number of ether oxygens (including phenoxy) is 2. The first kappa shape index (κ1) is 32.1. The van der Waals surface area contributed by atoms with Gasteiger partial charge in [-0.3, -0.25) is 14.6 Å². The minimum absolute atomic E-state index is 0.0427. The number of nitrogens with one attached hydrogen (secondary N) is 3. The molecule has 2 aromatic carbocycles. The molecule has 4 aromatic rings. The number of aromatic amines is 2. The summed E-state index contributed by atoms with van der Waals surface area (Å²) in [4.78, 5) is 33.3. The number of hydrogen-bond donors (Lipinski definition) is 3. The zero-order chi connectivity index (χ0) is 30.3. The van der Waals surface area contributed by atoms with Crippen LogP contribution >= 0.6 is 0 Å². The Morgan fingerprint density at radius 3 is 2.19 bits per heavy atom. The third-order valence-electron chi connectivity index (χ3n) is 7.22. The molecule has 0 radical (unpaired) electrons. The third-order valence-corrected chi connectivity index (χ3v) is 7.22. The summed E-state index contributed by atoms with van der Waals surface area (Å²) in [6.45, 7) is 9.52. The molecule has 1 atom stereocenters. The van der Waals surface area contributed by atoms with Gasteiger partial charge in [-0.1, -0.05) is 38.1 Å². The standard InChI is InChI=1S/C33H45N7O3/c1-4-19-39(20-5-2)22-26-8-12-29(13-9-26)38-33(41)28-10-6-27(7-11-28)23-40(24-31-34-15-16-35-31)30(14-21-43-25-42-3)32-36-17-18-37-32/h6-13,15-18,30H,4-5,14,19-25H2,1-3H3,(H,34,35)(H,36,37)(H,38,41). The summed E-state index contributed by atoms with van der Waals surface area (Å²) in [6, 6.07) is 15.9. The van der Waals surface area contributed by atoms with E-state index in [0.29, 0.717) is 31.7 Å². The van der Waals surface area contributed by atoms with Gasteiger partial charge in [0.2, 0.25) is 0 Å². The molecule has 2 heterocycles. The summed E-state index contributed by atoms with van der Waals surface area (Å²) in [5.41, 5.74) is 3.72. The van der Waals surface area contributed by atoms with E-state index in [1.807, 2.05) is 48.8 Å². The Kier molecular flexibility index (Phi) is 12.9. The molecule has 43 heavy (non-hydrogen) atoms. The normalized spacial score (nSPS) is 12.2. The first-order valence-electron chi connectivity index (χ1n) is 15.1. The third kappa shape index (κ3) is 10.1. The van der Waals surface area contributed by atoms with Gasteiger partial charge in [-0.25, -0.2) is 9.97 Å². The fourth-order valence-electron chi connectivity index (χ4n) is 5.20. The summed E-state index contributed by atoms with van der Waals surface area (Å²) in [5.74, 6) is 1.59. The van der Waals surface area contributed by atoms with Crippen LogP contribution in [0.1, 0.15) is 72.3 Å². The van der Waals surface area contributed by atoms with Crippen molar-refractivity contribution in [3.63, 3.8) is 0 Å². The molecule has 0 fully saturated rings. The van der Waals surface area contributed by atoms with Crippen LogP contribution < -0.4 is 5.32 Å². The molecule has 0 aliphatic rings.